The fourth-order valence-electron chi connectivity index (χ4n) is 2.14. The topological polar surface area (TPSA) is 64.2 Å². The van der Waals surface area contributed by atoms with E-state index in [0.29, 0.717) is 12.3 Å². The van der Waals surface area contributed by atoms with Crippen LogP contribution in [0.25, 0.3) is 11.3 Å². The third kappa shape index (κ3) is 3.78. The van der Waals surface area contributed by atoms with E-state index >= 15 is 0 Å². The largest absolute Gasteiger partial charge is 0.419 e. The highest BCUT2D eigenvalue weighted by molar-refractivity contribution is 7.09. The second-order valence-corrected chi connectivity index (χ2v) is 6.24. The number of thiophene rings is 1. The van der Waals surface area contributed by atoms with Gasteiger partial charge in [0.25, 0.3) is 0 Å². The number of amides is 1. The van der Waals surface area contributed by atoms with Gasteiger partial charge in [-0.1, -0.05) is 35.9 Å². The molecule has 0 spiro atoms. The fraction of sp³-hybridized carbons (Fsp3) is 0.176. The summed E-state index contributed by atoms with van der Waals surface area (Å²) >= 11 is 1.58. The molecule has 1 amide bonds. The lowest BCUT2D eigenvalue weighted by molar-refractivity contribution is -0.121. The Morgan fingerprint density at radius 1 is 1.26 bits per heavy atom. The van der Waals surface area contributed by atoms with Crippen LogP contribution in [0.15, 0.2) is 57.2 Å². The molecule has 6 heteroatoms. The lowest BCUT2D eigenvalue weighted by atomic mass is 10.1. The zero-order valence-electron chi connectivity index (χ0n) is 12.6. The summed E-state index contributed by atoms with van der Waals surface area (Å²) in [4.78, 5) is 24.9. The van der Waals surface area contributed by atoms with Crippen molar-refractivity contribution in [2.75, 3.05) is 0 Å². The van der Waals surface area contributed by atoms with Gasteiger partial charge in [-0.25, -0.2) is 4.79 Å². The molecule has 0 fully saturated rings. The van der Waals surface area contributed by atoms with Crippen molar-refractivity contribution in [1.29, 1.82) is 0 Å². The van der Waals surface area contributed by atoms with E-state index < -0.39 is 5.76 Å². The van der Waals surface area contributed by atoms with Gasteiger partial charge < -0.3 is 9.73 Å². The Morgan fingerprint density at radius 2 is 2.04 bits per heavy atom. The smallest absolute Gasteiger partial charge is 0.408 e. The van der Waals surface area contributed by atoms with E-state index in [1.165, 1.54) is 4.57 Å². The molecule has 0 bridgehead atoms. The summed E-state index contributed by atoms with van der Waals surface area (Å²) in [7, 11) is 0. The zero-order chi connectivity index (χ0) is 16.2. The van der Waals surface area contributed by atoms with Crippen LogP contribution in [0.2, 0.25) is 0 Å². The van der Waals surface area contributed by atoms with Crippen LogP contribution >= 0.6 is 11.3 Å². The first-order valence-corrected chi connectivity index (χ1v) is 8.06. The fourth-order valence-corrected chi connectivity index (χ4v) is 2.79. The summed E-state index contributed by atoms with van der Waals surface area (Å²) in [6, 6.07) is 11.5. The van der Waals surface area contributed by atoms with Crippen LogP contribution < -0.4 is 11.1 Å². The molecule has 2 heterocycles. The molecule has 0 atom stereocenters. The first-order chi connectivity index (χ1) is 11.1. The van der Waals surface area contributed by atoms with Gasteiger partial charge in [0, 0.05) is 10.4 Å². The third-order valence-electron chi connectivity index (χ3n) is 3.39. The Kier molecular flexibility index (Phi) is 4.43. The number of hydrogen-bond acceptors (Lipinski definition) is 4. The first-order valence-electron chi connectivity index (χ1n) is 7.18. The van der Waals surface area contributed by atoms with E-state index in [-0.39, 0.29) is 12.5 Å². The van der Waals surface area contributed by atoms with Gasteiger partial charge in [0.1, 0.15) is 6.54 Å². The number of aromatic nitrogens is 1. The predicted molar refractivity (Wildman–Crippen MR) is 89.3 cm³/mol. The molecular weight excluding hydrogens is 312 g/mol. The van der Waals surface area contributed by atoms with E-state index in [2.05, 4.69) is 5.32 Å². The van der Waals surface area contributed by atoms with E-state index in [9.17, 15) is 9.59 Å². The van der Waals surface area contributed by atoms with Crippen molar-refractivity contribution < 1.29 is 9.21 Å². The molecule has 1 aromatic carbocycles. The molecule has 0 aliphatic carbocycles. The molecular formula is C17H16N2O3S. The van der Waals surface area contributed by atoms with Gasteiger partial charge in [0.15, 0.2) is 5.76 Å². The second kappa shape index (κ2) is 6.66. The lowest BCUT2D eigenvalue weighted by Gasteiger charge is -2.03. The van der Waals surface area contributed by atoms with Gasteiger partial charge in [0.2, 0.25) is 5.91 Å². The molecule has 3 aromatic rings. The maximum Gasteiger partial charge on any atom is 0.419 e. The van der Waals surface area contributed by atoms with Gasteiger partial charge in [-0.3, -0.25) is 9.36 Å². The Labute approximate surface area is 137 Å². The van der Waals surface area contributed by atoms with Gasteiger partial charge in [0.05, 0.1) is 12.7 Å². The molecule has 23 heavy (non-hydrogen) atoms. The van der Waals surface area contributed by atoms with E-state index in [0.717, 1.165) is 16.0 Å². The highest BCUT2D eigenvalue weighted by Crippen LogP contribution is 2.18. The molecule has 0 aliphatic rings. The zero-order valence-corrected chi connectivity index (χ0v) is 13.4. The van der Waals surface area contributed by atoms with Crippen molar-refractivity contribution in [2.45, 2.75) is 20.0 Å². The van der Waals surface area contributed by atoms with Crippen molar-refractivity contribution in [3.8, 4) is 11.3 Å². The Hall–Kier alpha value is -2.60. The number of nitrogens with one attached hydrogen (secondary N) is 1. The molecule has 0 unspecified atom stereocenters. The second-order valence-electron chi connectivity index (χ2n) is 5.21. The number of aryl methyl sites for hydroxylation is 1. The summed E-state index contributed by atoms with van der Waals surface area (Å²) in [5.41, 5.74) is 1.94. The quantitative estimate of drug-likeness (QED) is 0.783. The summed E-state index contributed by atoms with van der Waals surface area (Å²) in [6.07, 6.45) is 1.57. The summed E-state index contributed by atoms with van der Waals surface area (Å²) in [5, 5.41) is 4.74. The highest BCUT2D eigenvalue weighted by Gasteiger charge is 2.11. The average molecular weight is 328 g/mol. The van der Waals surface area contributed by atoms with Gasteiger partial charge in [-0.2, -0.15) is 0 Å². The van der Waals surface area contributed by atoms with Crippen molar-refractivity contribution >= 4 is 17.2 Å². The minimum Gasteiger partial charge on any atom is -0.408 e. The van der Waals surface area contributed by atoms with Gasteiger partial charge in [-0.05, 0) is 18.4 Å². The van der Waals surface area contributed by atoms with E-state index in [4.69, 9.17) is 4.42 Å². The van der Waals surface area contributed by atoms with Crippen LogP contribution in [0.3, 0.4) is 0 Å². The highest BCUT2D eigenvalue weighted by atomic mass is 32.1. The molecule has 0 saturated heterocycles. The normalized spacial score (nSPS) is 10.7. The Balaban J connectivity index is 1.67. The molecule has 2 aromatic heterocycles. The number of carbonyl (C=O) groups is 1. The Morgan fingerprint density at radius 3 is 2.74 bits per heavy atom. The van der Waals surface area contributed by atoms with Crippen molar-refractivity contribution in [3.63, 3.8) is 0 Å². The van der Waals surface area contributed by atoms with Crippen LogP contribution in [-0.2, 0) is 17.9 Å². The van der Waals surface area contributed by atoms with Gasteiger partial charge >= 0.3 is 5.76 Å². The van der Waals surface area contributed by atoms with Crippen LogP contribution in [0, 0.1) is 6.92 Å². The third-order valence-corrected chi connectivity index (χ3v) is 4.27. The predicted octanol–water partition coefficient (Wildman–Crippen LogP) is 2.79. The van der Waals surface area contributed by atoms with Crippen molar-refractivity contribution in [3.05, 3.63) is 69.0 Å². The molecule has 0 aliphatic heterocycles. The molecule has 3 rings (SSSR count). The van der Waals surface area contributed by atoms with Crippen LogP contribution in [0.4, 0.5) is 0 Å². The number of nitrogens with zero attached hydrogens (tertiary/aromatic N) is 1. The minimum absolute atomic E-state index is 0.0560. The van der Waals surface area contributed by atoms with Crippen LogP contribution in [0.1, 0.15) is 10.4 Å². The Bertz CT molecular complexity index is 845. The molecule has 118 valence electrons. The monoisotopic (exact) mass is 328 g/mol. The molecule has 5 nitrogen and oxygen atoms in total. The summed E-state index contributed by atoms with van der Waals surface area (Å²) in [5.74, 6) is -0.301. The van der Waals surface area contributed by atoms with E-state index in [1.54, 1.807) is 17.5 Å². The van der Waals surface area contributed by atoms with Crippen LogP contribution in [-0.4, -0.2) is 10.5 Å². The number of rotatable bonds is 5. The van der Waals surface area contributed by atoms with Crippen molar-refractivity contribution in [1.82, 2.24) is 9.88 Å². The number of benzene rings is 1. The van der Waals surface area contributed by atoms with Crippen molar-refractivity contribution in [2.24, 2.45) is 0 Å². The summed E-state index contributed by atoms with van der Waals surface area (Å²) in [6.45, 7) is 2.40. The lowest BCUT2D eigenvalue weighted by Crippen LogP contribution is -2.29. The maximum atomic E-state index is 11.9. The van der Waals surface area contributed by atoms with Gasteiger partial charge in [-0.15, -0.1) is 11.3 Å². The maximum absolute atomic E-state index is 11.9. The number of carbonyl (C=O) groups excluding carboxylic acids is 1. The number of oxazole rings is 1. The van der Waals surface area contributed by atoms with Crippen LogP contribution in [0.5, 0.6) is 0 Å². The molecule has 0 saturated carbocycles. The SMILES string of the molecule is Cc1ccc(-c2cn(CC(=O)NCc3cccs3)c(=O)o2)cc1. The molecule has 0 radical (unpaired) electrons. The molecule has 1 N–H and O–H groups in total. The summed E-state index contributed by atoms with van der Waals surface area (Å²) < 4.78 is 6.50. The minimum atomic E-state index is -0.535. The van der Waals surface area contributed by atoms with E-state index in [1.807, 2.05) is 48.7 Å². The number of hydrogen-bond donors (Lipinski definition) is 1. The average Bonchev–Trinajstić information content (AvgIpc) is 3.17. The standard InChI is InChI=1S/C17H16N2O3S/c1-12-4-6-13(7-5-12)15-10-19(17(21)22-15)11-16(20)18-9-14-3-2-8-23-14/h2-8,10H,9,11H2,1H3,(H,18,20). The first kappa shape index (κ1) is 15.3.